The maximum atomic E-state index is 13.1. The Morgan fingerprint density at radius 3 is 2.20 bits per heavy atom. The highest BCUT2D eigenvalue weighted by molar-refractivity contribution is 6.03. The third-order valence-corrected chi connectivity index (χ3v) is 5.49. The Morgan fingerprint density at radius 1 is 1.07 bits per heavy atom. The minimum atomic E-state index is 0. The van der Waals surface area contributed by atoms with Crippen molar-refractivity contribution in [2.24, 2.45) is 10.7 Å². The van der Waals surface area contributed by atoms with Gasteiger partial charge < -0.3 is 5.73 Å². The maximum Gasteiger partial charge on any atom is 0.163 e. The molecule has 0 heterocycles. The summed E-state index contributed by atoms with van der Waals surface area (Å²) < 4.78 is 0. The molecule has 2 aromatic rings. The van der Waals surface area contributed by atoms with Gasteiger partial charge >= 0.3 is 0 Å². The van der Waals surface area contributed by atoms with E-state index in [-0.39, 0.29) is 13.1 Å². The number of carbonyl (C=O) groups is 1. The summed E-state index contributed by atoms with van der Waals surface area (Å²) in [6.45, 7) is 12.6. The van der Waals surface area contributed by atoms with Crippen LogP contribution in [-0.2, 0) is 0 Å². The van der Waals surface area contributed by atoms with Crippen molar-refractivity contribution in [1.82, 2.24) is 0 Å². The fourth-order valence-corrected chi connectivity index (χ4v) is 3.52. The molecule has 2 N–H and O–H groups in total. The van der Waals surface area contributed by atoms with Gasteiger partial charge in [0, 0.05) is 26.0 Å². The van der Waals surface area contributed by atoms with Crippen LogP contribution < -0.4 is 5.73 Å². The second kappa shape index (κ2) is 13.0. The van der Waals surface area contributed by atoms with E-state index in [0.717, 1.165) is 30.4 Å². The van der Waals surface area contributed by atoms with Crippen LogP contribution >= 0.6 is 0 Å². The monoisotopic (exact) mass is 410 g/mol. The van der Waals surface area contributed by atoms with Gasteiger partial charge in [-0.2, -0.15) is 0 Å². The van der Waals surface area contributed by atoms with E-state index in [1.54, 1.807) is 7.05 Å². The van der Waals surface area contributed by atoms with Crippen LogP contribution in [-0.4, -0.2) is 18.7 Å². The van der Waals surface area contributed by atoms with Gasteiger partial charge in [0.15, 0.2) is 5.78 Å². The molecule has 0 amide bonds. The van der Waals surface area contributed by atoms with Crippen LogP contribution in [0.5, 0.6) is 0 Å². The number of benzene rings is 2. The van der Waals surface area contributed by atoms with Crippen molar-refractivity contribution in [1.29, 1.82) is 0 Å². The summed E-state index contributed by atoms with van der Waals surface area (Å²) in [6, 6.07) is 14.6. The molecule has 0 aliphatic carbocycles. The molecule has 0 radical (unpaired) electrons. The van der Waals surface area contributed by atoms with Crippen LogP contribution in [0.15, 0.2) is 47.5 Å². The van der Waals surface area contributed by atoms with Crippen molar-refractivity contribution in [2.45, 2.75) is 79.1 Å². The molecule has 0 spiro atoms. The normalized spacial score (nSPS) is 12.3. The average molecular weight is 411 g/mol. The van der Waals surface area contributed by atoms with E-state index in [9.17, 15) is 4.79 Å². The SMILES string of the molecule is CC.CCCC[C@H](CC(=O)c1ccc(C)c(C(N)=NC)c1)c1ccc(C(C)C)cc1.[HH]. The highest BCUT2D eigenvalue weighted by atomic mass is 16.1. The quantitative estimate of drug-likeness (QED) is 0.268. The van der Waals surface area contributed by atoms with Crippen molar-refractivity contribution in [2.75, 3.05) is 7.05 Å². The average Bonchev–Trinajstić information content (AvgIpc) is 2.77. The molecular formula is C27H42N2O. The third kappa shape index (κ3) is 7.12. The molecule has 0 fully saturated rings. The van der Waals surface area contributed by atoms with Gasteiger partial charge in [-0.1, -0.05) is 83.9 Å². The van der Waals surface area contributed by atoms with Crippen LogP contribution in [0.25, 0.3) is 0 Å². The Morgan fingerprint density at radius 2 is 1.67 bits per heavy atom. The largest absolute Gasteiger partial charge is 0.384 e. The Hall–Kier alpha value is -2.42. The van der Waals surface area contributed by atoms with Gasteiger partial charge in [-0.05, 0) is 47.9 Å². The number of ketones is 1. The highest BCUT2D eigenvalue weighted by Gasteiger charge is 2.18. The number of Topliss-reactive ketones (excluding diaryl/α,β-unsaturated/α-hetero) is 1. The molecular weight excluding hydrogens is 368 g/mol. The Labute approximate surface area is 185 Å². The summed E-state index contributed by atoms with van der Waals surface area (Å²) in [7, 11) is 1.67. The zero-order chi connectivity index (χ0) is 22.7. The van der Waals surface area contributed by atoms with Crippen molar-refractivity contribution in [3.63, 3.8) is 0 Å². The van der Waals surface area contributed by atoms with Gasteiger partial charge in [0.2, 0.25) is 0 Å². The Kier molecular flexibility index (Phi) is 11.1. The summed E-state index contributed by atoms with van der Waals surface area (Å²) in [5.41, 5.74) is 11.2. The first kappa shape index (κ1) is 25.6. The van der Waals surface area contributed by atoms with Crippen LogP contribution in [0.4, 0.5) is 0 Å². The fraction of sp³-hybridized carbons (Fsp3) is 0.481. The minimum absolute atomic E-state index is 0. The van der Waals surface area contributed by atoms with Gasteiger partial charge in [-0.25, -0.2) is 0 Å². The number of aliphatic imine (C=N–C) groups is 1. The molecule has 0 saturated heterocycles. The molecule has 30 heavy (non-hydrogen) atoms. The predicted molar refractivity (Wildman–Crippen MR) is 133 cm³/mol. The number of hydrogen-bond donors (Lipinski definition) is 1. The molecule has 166 valence electrons. The molecule has 0 saturated carbocycles. The van der Waals surface area contributed by atoms with E-state index in [4.69, 9.17) is 5.73 Å². The number of rotatable bonds is 9. The predicted octanol–water partition coefficient (Wildman–Crippen LogP) is 7.27. The number of aryl methyl sites for hydroxylation is 1. The first-order valence-electron chi connectivity index (χ1n) is 11.3. The molecule has 3 nitrogen and oxygen atoms in total. The van der Waals surface area contributed by atoms with Crippen molar-refractivity contribution >= 4 is 11.6 Å². The lowest BCUT2D eigenvalue weighted by Gasteiger charge is -2.18. The van der Waals surface area contributed by atoms with Crippen LogP contribution in [0.3, 0.4) is 0 Å². The van der Waals surface area contributed by atoms with Gasteiger partial charge in [-0.3, -0.25) is 9.79 Å². The van der Waals surface area contributed by atoms with Crippen molar-refractivity contribution in [3.05, 3.63) is 70.3 Å². The van der Waals surface area contributed by atoms with Gasteiger partial charge in [0.25, 0.3) is 0 Å². The zero-order valence-electron chi connectivity index (χ0n) is 20.0. The van der Waals surface area contributed by atoms with Crippen LogP contribution in [0.1, 0.15) is 106 Å². The summed E-state index contributed by atoms with van der Waals surface area (Å²) in [6.07, 6.45) is 3.80. The molecule has 2 aromatic carbocycles. The van der Waals surface area contributed by atoms with Gasteiger partial charge in [0.05, 0.1) is 0 Å². The summed E-state index contributed by atoms with van der Waals surface area (Å²) in [4.78, 5) is 17.1. The van der Waals surface area contributed by atoms with Crippen LogP contribution in [0, 0.1) is 6.92 Å². The number of nitrogens with zero attached hydrogens (tertiary/aromatic N) is 1. The Bertz CT molecular complexity index is 826. The van der Waals surface area contributed by atoms with E-state index in [1.807, 2.05) is 39.0 Å². The van der Waals surface area contributed by atoms with Gasteiger partial charge in [0.1, 0.15) is 5.84 Å². The molecule has 0 bridgehead atoms. The summed E-state index contributed by atoms with van der Waals surface area (Å²) in [5, 5.41) is 0. The zero-order valence-corrected chi connectivity index (χ0v) is 20.0. The van der Waals surface area contributed by atoms with E-state index >= 15 is 0 Å². The van der Waals surface area contributed by atoms with E-state index < -0.39 is 0 Å². The fourth-order valence-electron chi connectivity index (χ4n) is 3.52. The number of nitrogens with two attached hydrogens (primary N) is 1. The molecule has 2 rings (SSSR count). The molecule has 0 aromatic heterocycles. The second-order valence-electron chi connectivity index (χ2n) is 7.93. The number of hydrogen-bond acceptors (Lipinski definition) is 2. The van der Waals surface area contributed by atoms with Crippen LogP contribution in [0.2, 0.25) is 0 Å². The van der Waals surface area contributed by atoms with E-state index in [2.05, 4.69) is 50.0 Å². The summed E-state index contributed by atoms with van der Waals surface area (Å²) in [5.74, 6) is 1.40. The molecule has 1 atom stereocenters. The van der Waals surface area contributed by atoms with E-state index in [1.165, 1.54) is 11.1 Å². The smallest absolute Gasteiger partial charge is 0.163 e. The Balaban J connectivity index is 0.00000291. The maximum absolute atomic E-state index is 13.1. The molecule has 0 unspecified atom stereocenters. The minimum Gasteiger partial charge on any atom is -0.384 e. The van der Waals surface area contributed by atoms with Crippen molar-refractivity contribution < 1.29 is 6.22 Å². The lowest BCUT2D eigenvalue weighted by molar-refractivity contribution is 0.0972. The lowest BCUT2D eigenvalue weighted by atomic mass is 9.86. The summed E-state index contributed by atoms with van der Waals surface area (Å²) >= 11 is 0. The topological polar surface area (TPSA) is 55.5 Å². The first-order valence-corrected chi connectivity index (χ1v) is 11.3. The standard InChI is InChI=1S/C25H34N2O.C2H6.H2/c1-6-7-8-21(20-13-11-19(12-14-20)17(2)3)16-24(28)22-10-9-18(4)23(15-22)25(26)27-5;1-2;/h9-15,17,21H,6-8,16H2,1-5H3,(H2,26,27);1-2H3;1H/t21-;;/m1../s1. The number of amidine groups is 1. The molecule has 3 heteroatoms. The van der Waals surface area contributed by atoms with E-state index in [0.29, 0.717) is 23.7 Å². The number of unbranched alkanes of at least 4 members (excludes halogenated alkanes) is 1. The highest BCUT2D eigenvalue weighted by Crippen LogP contribution is 2.29. The number of carbonyl (C=O) groups excluding carboxylic acids is 1. The second-order valence-corrected chi connectivity index (χ2v) is 7.93. The lowest BCUT2D eigenvalue weighted by Crippen LogP contribution is -2.16. The third-order valence-electron chi connectivity index (χ3n) is 5.49. The van der Waals surface area contributed by atoms with Gasteiger partial charge in [-0.15, -0.1) is 0 Å². The molecule has 0 aliphatic rings. The van der Waals surface area contributed by atoms with Crippen molar-refractivity contribution in [3.8, 4) is 0 Å². The molecule has 0 aliphatic heterocycles. The first-order chi connectivity index (χ1) is 14.4.